The minimum absolute atomic E-state index is 0.657. The van der Waals surface area contributed by atoms with Crippen molar-refractivity contribution in [2.24, 2.45) is 11.7 Å². The SMILES string of the molecule is CCCC(CCN)CCc1nncn1C1CCCC1. The molecule has 0 radical (unpaired) electrons. The summed E-state index contributed by atoms with van der Waals surface area (Å²) in [4.78, 5) is 0. The molecule has 0 aliphatic heterocycles. The van der Waals surface area contributed by atoms with E-state index in [-0.39, 0.29) is 0 Å². The molecule has 0 saturated heterocycles. The number of nitrogens with two attached hydrogens (primary N) is 1. The molecule has 2 N–H and O–H groups in total. The summed E-state index contributed by atoms with van der Waals surface area (Å²) in [5.74, 6) is 1.94. The second kappa shape index (κ2) is 7.63. The molecule has 4 heteroatoms. The van der Waals surface area contributed by atoms with Crippen LogP contribution in [-0.4, -0.2) is 21.3 Å². The van der Waals surface area contributed by atoms with Gasteiger partial charge in [-0.1, -0.05) is 32.6 Å². The zero-order valence-corrected chi connectivity index (χ0v) is 12.2. The summed E-state index contributed by atoms with van der Waals surface area (Å²) < 4.78 is 2.33. The van der Waals surface area contributed by atoms with Gasteiger partial charge in [0.2, 0.25) is 0 Å². The fourth-order valence-corrected chi connectivity index (χ4v) is 3.34. The van der Waals surface area contributed by atoms with E-state index in [1.165, 1.54) is 50.8 Å². The Balaban J connectivity index is 1.89. The molecule has 0 bridgehead atoms. The Morgan fingerprint density at radius 3 is 2.79 bits per heavy atom. The predicted octanol–water partition coefficient (Wildman–Crippen LogP) is 3.09. The maximum Gasteiger partial charge on any atom is 0.133 e. The van der Waals surface area contributed by atoms with Gasteiger partial charge in [0.1, 0.15) is 12.2 Å². The van der Waals surface area contributed by atoms with Crippen LogP contribution in [0.2, 0.25) is 0 Å². The fraction of sp³-hybridized carbons (Fsp3) is 0.867. The maximum absolute atomic E-state index is 5.70. The fourth-order valence-electron chi connectivity index (χ4n) is 3.34. The summed E-state index contributed by atoms with van der Waals surface area (Å²) in [6.45, 7) is 3.06. The molecular weight excluding hydrogens is 236 g/mol. The topological polar surface area (TPSA) is 56.7 Å². The molecule has 1 fully saturated rings. The highest BCUT2D eigenvalue weighted by molar-refractivity contribution is 4.92. The summed E-state index contributed by atoms with van der Waals surface area (Å²) in [6.07, 6.45) is 13.2. The highest BCUT2D eigenvalue weighted by Gasteiger charge is 2.20. The third-order valence-corrected chi connectivity index (χ3v) is 4.41. The highest BCUT2D eigenvalue weighted by atomic mass is 15.3. The first kappa shape index (κ1) is 14.5. The minimum Gasteiger partial charge on any atom is -0.330 e. The lowest BCUT2D eigenvalue weighted by Crippen LogP contribution is -2.13. The van der Waals surface area contributed by atoms with Crippen molar-refractivity contribution < 1.29 is 0 Å². The molecule has 108 valence electrons. The highest BCUT2D eigenvalue weighted by Crippen LogP contribution is 2.30. The molecule has 0 aromatic carbocycles. The summed E-state index contributed by atoms with van der Waals surface area (Å²) in [5, 5.41) is 8.46. The third kappa shape index (κ3) is 4.03. The van der Waals surface area contributed by atoms with Gasteiger partial charge in [-0.05, 0) is 38.1 Å². The van der Waals surface area contributed by atoms with Crippen LogP contribution in [-0.2, 0) is 6.42 Å². The average Bonchev–Trinajstić information content (AvgIpc) is 3.07. The van der Waals surface area contributed by atoms with Gasteiger partial charge >= 0.3 is 0 Å². The van der Waals surface area contributed by atoms with E-state index in [4.69, 9.17) is 5.73 Å². The van der Waals surface area contributed by atoms with Crippen molar-refractivity contribution in [2.45, 2.75) is 70.8 Å². The van der Waals surface area contributed by atoms with Gasteiger partial charge in [-0.2, -0.15) is 0 Å². The Labute approximate surface area is 116 Å². The molecule has 1 aliphatic rings. The standard InChI is InChI=1S/C15H28N4/c1-2-5-13(10-11-16)8-9-15-18-17-12-19(15)14-6-3-4-7-14/h12-14H,2-11,16H2,1H3. The van der Waals surface area contributed by atoms with Gasteiger partial charge < -0.3 is 10.3 Å². The van der Waals surface area contributed by atoms with E-state index in [1.807, 2.05) is 6.33 Å². The number of hydrogen-bond acceptors (Lipinski definition) is 3. The van der Waals surface area contributed by atoms with Crippen LogP contribution in [0.3, 0.4) is 0 Å². The monoisotopic (exact) mass is 264 g/mol. The molecule has 1 saturated carbocycles. The average molecular weight is 264 g/mol. The van der Waals surface area contributed by atoms with Crippen LogP contribution >= 0.6 is 0 Å². The van der Waals surface area contributed by atoms with Crippen LogP contribution < -0.4 is 5.73 Å². The lowest BCUT2D eigenvalue weighted by atomic mass is 9.94. The Bertz CT molecular complexity index is 349. The molecule has 1 atom stereocenters. The van der Waals surface area contributed by atoms with Crippen LogP contribution in [0.5, 0.6) is 0 Å². The summed E-state index contributed by atoms with van der Waals surface area (Å²) >= 11 is 0. The third-order valence-electron chi connectivity index (χ3n) is 4.41. The summed E-state index contributed by atoms with van der Waals surface area (Å²) in [6, 6.07) is 0.657. The number of aromatic nitrogens is 3. The van der Waals surface area contributed by atoms with Crippen molar-refractivity contribution >= 4 is 0 Å². The van der Waals surface area contributed by atoms with Gasteiger partial charge in [-0.25, -0.2) is 0 Å². The first-order valence-corrected chi connectivity index (χ1v) is 7.93. The lowest BCUT2D eigenvalue weighted by Gasteiger charge is -2.17. The van der Waals surface area contributed by atoms with Crippen LogP contribution in [0.1, 0.15) is 70.2 Å². The van der Waals surface area contributed by atoms with Gasteiger partial charge in [-0.15, -0.1) is 10.2 Å². The van der Waals surface area contributed by atoms with E-state index in [9.17, 15) is 0 Å². The Hall–Kier alpha value is -0.900. The summed E-state index contributed by atoms with van der Waals surface area (Å²) in [5.41, 5.74) is 5.70. The minimum atomic E-state index is 0.657. The quantitative estimate of drug-likeness (QED) is 0.785. The van der Waals surface area contributed by atoms with E-state index >= 15 is 0 Å². The van der Waals surface area contributed by atoms with Crippen molar-refractivity contribution in [1.82, 2.24) is 14.8 Å². The van der Waals surface area contributed by atoms with Crippen LogP contribution in [0.4, 0.5) is 0 Å². The van der Waals surface area contributed by atoms with E-state index in [1.54, 1.807) is 0 Å². The molecule has 1 heterocycles. The molecule has 0 amide bonds. The first-order valence-electron chi connectivity index (χ1n) is 7.93. The van der Waals surface area contributed by atoms with Crippen LogP contribution in [0.15, 0.2) is 6.33 Å². The lowest BCUT2D eigenvalue weighted by molar-refractivity contribution is 0.407. The molecule has 4 nitrogen and oxygen atoms in total. The second-order valence-electron chi connectivity index (χ2n) is 5.86. The molecule has 1 unspecified atom stereocenters. The van der Waals surface area contributed by atoms with E-state index in [0.717, 1.165) is 25.3 Å². The predicted molar refractivity (Wildman–Crippen MR) is 77.9 cm³/mol. The van der Waals surface area contributed by atoms with Crippen molar-refractivity contribution in [3.63, 3.8) is 0 Å². The zero-order valence-electron chi connectivity index (χ0n) is 12.2. The molecule has 2 rings (SSSR count). The van der Waals surface area contributed by atoms with Crippen molar-refractivity contribution in [2.75, 3.05) is 6.54 Å². The van der Waals surface area contributed by atoms with Gasteiger partial charge in [0.15, 0.2) is 0 Å². The molecular formula is C15H28N4. The second-order valence-corrected chi connectivity index (χ2v) is 5.86. The van der Waals surface area contributed by atoms with Gasteiger partial charge in [0, 0.05) is 12.5 Å². The van der Waals surface area contributed by atoms with Crippen molar-refractivity contribution in [3.05, 3.63) is 12.2 Å². The van der Waals surface area contributed by atoms with Gasteiger partial charge in [0.05, 0.1) is 0 Å². The largest absolute Gasteiger partial charge is 0.330 e. The maximum atomic E-state index is 5.70. The van der Waals surface area contributed by atoms with Crippen molar-refractivity contribution in [3.8, 4) is 0 Å². The number of rotatable bonds is 8. The number of hydrogen-bond donors (Lipinski definition) is 1. The normalized spacial score (nSPS) is 18.0. The van der Waals surface area contributed by atoms with Gasteiger partial charge in [-0.3, -0.25) is 0 Å². The Morgan fingerprint density at radius 1 is 1.32 bits per heavy atom. The van der Waals surface area contributed by atoms with E-state index in [0.29, 0.717) is 6.04 Å². The number of aryl methyl sites for hydroxylation is 1. The smallest absolute Gasteiger partial charge is 0.133 e. The van der Waals surface area contributed by atoms with E-state index in [2.05, 4.69) is 21.7 Å². The molecule has 1 aliphatic carbocycles. The zero-order chi connectivity index (χ0) is 13.5. The van der Waals surface area contributed by atoms with Gasteiger partial charge in [0.25, 0.3) is 0 Å². The van der Waals surface area contributed by atoms with Crippen molar-refractivity contribution in [1.29, 1.82) is 0 Å². The molecule has 19 heavy (non-hydrogen) atoms. The number of nitrogens with zero attached hydrogens (tertiary/aromatic N) is 3. The van der Waals surface area contributed by atoms with Crippen LogP contribution in [0.25, 0.3) is 0 Å². The van der Waals surface area contributed by atoms with E-state index < -0.39 is 0 Å². The Kier molecular flexibility index (Phi) is 5.83. The summed E-state index contributed by atoms with van der Waals surface area (Å²) in [7, 11) is 0. The molecule has 1 aromatic rings. The first-order chi connectivity index (χ1) is 9.35. The Morgan fingerprint density at radius 2 is 2.11 bits per heavy atom. The van der Waals surface area contributed by atoms with Crippen LogP contribution in [0, 0.1) is 5.92 Å². The molecule has 0 spiro atoms. The molecule has 1 aromatic heterocycles.